The Morgan fingerprint density at radius 2 is 2.04 bits per heavy atom. The highest BCUT2D eigenvalue weighted by Crippen LogP contribution is 2.31. The number of hydrogen-bond donors (Lipinski definition) is 1. The van der Waals surface area contributed by atoms with E-state index in [1.165, 1.54) is 12.3 Å². The zero-order chi connectivity index (χ0) is 20.2. The molecule has 0 saturated carbocycles. The quantitative estimate of drug-likeness (QED) is 0.686. The second-order valence-corrected chi connectivity index (χ2v) is 9.01. The number of carbonyl (C=O) groups excluding carboxylic acids is 1. The van der Waals surface area contributed by atoms with Crippen LogP contribution < -0.4 is 4.72 Å². The molecule has 0 spiro atoms. The second kappa shape index (κ2) is 9.03. The molecule has 1 heterocycles. The molecule has 1 aromatic carbocycles. The van der Waals surface area contributed by atoms with Gasteiger partial charge in [0, 0.05) is 29.2 Å². The summed E-state index contributed by atoms with van der Waals surface area (Å²) in [6, 6.07) is 4.70. The number of hydrogen-bond acceptors (Lipinski definition) is 5. The minimum absolute atomic E-state index is 0.0289. The van der Waals surface area contributed by atoms with E-state index in [0.717, 1.165) is 11.3 Å². The zero-order valence-corrected chi connectivity index (χ0v) is 17.9. The van der Waals surface area contributed by atoms with Crippen molar-refractivity contribution < 1.29 is 13.2 Å². The van der Waals surface area contributed by atoms with Crippen LogP contribution in [0.4, 0.5) is 5.13 Å². The molecule has 27 heavy (non-hydrogen) atoms. The van der Waals surface area contributed by atoms with Gasteiger partial charge in [-0.15, -0.1) is 11.3 Å². The third kappa shape index (κ3) is 4.80. The number of aromatic nitrogens is 1. The van der Waals surface area contributed by atoms with E-state index < -0.39 is 15.9 Å². The summed E-state index contributed by atoms with van der Waals surface area (Å²) < 4.78 is 27.8. The molecule has 0 fully saturated rings. The van der Waals surface area contributed by atoms with Gasteiger partial charge < -0.3 is 4.90 Å². The summed E-state index contributed by atoms with van der Waals surface area (Å²) in [6.45, 7) is 10.6. The van der Waals surface area contributed by atoms with Crippen molar-refractivity contribution in [3.8, 4) is 0 Å². The number of carbonyl (C=O) groups is 1. The van der Waals surface area contributed by atoms with Crippen LogP contribution in [0.3, 0.4) is 0 Å². The van der Waals surface area contributed by atoms with Crippen LogP contribution in [0, 0.1) is 13.8 Å². The van der Waals surface area contributed by atoms with Crippen molar-refractivity contribution >= 4 is 44.0 Å². The first-order valence-corrected chi connectivity index (χ1v) is 11.2. The van der Waals surface area contributed by atoms with Crippen molar-refractivity contribution in [2.24, 2.45) is 0 Å². The van der Waals surface area contributed by atoms with Gasteiger partial charge >= 0.3 is 0 Å². The number of anilines is 1. The van der Waals surface area contributed by atoms with Gasteiger partial charge in [-0.1, -0.05) is 24.6 Å². The molecule has 9 heteroatoms. The van der Waals surface area contributed by atoms with E-state index in [1.54, 1.807) is 24.0 Å². The highest BCUT2D eigenvalue weighted by molar-refractivity contribution is 7.93. The fourth-order valence-electron chi connectivity index (χ4n) is 2.69. The van der Waals surface area contributed by atoms with Gasteiger partial charge in [0.15, 0.2) is 5.13 Å². The van der Waals surface area contributed by atoms with Crippen molar-refractivity contribution in [1.82, 2.24) is 9.88 Å². The maximum absolute atomic E-state index is 12.7. The molecule has 2 aromatic rings. The summed E-state index contributed by atoms with van der Waals surface area (Å²) in [5.41, 5.74) is 0.468. The zero-order valence-electron chi connectivity index (χ0n) is 15.5. The van der Waals surface area contributed by atoms with Crippen LogP contribution in [0.15, 0.2) is 29.3 Å². The first-order chi connectivity index (χ1) is 12.7. The summed E-state index contributed by atoms with van der Waals surface area (Å²) in [5, 5.41) is 0.579. The topological polar surface area (TPSA) is 79.4 Å². The molecule has 1 unspecified atom stereocenters. The van der Waals surface area contributed by atoms with Crippen LogP contribution in [-0.4, -0.2) is 37.3 Å². The Morgan fingerprint density at radius 3 is 2.63 bits per heavy atom. The van der Waals surface area contributed by atoms with Crippen molar-refractivity contribution in [3.05, 3.63) is 46.8 Å². The Morgan fingerprint density at radius 1 is 1.37 bits per heavy atom. The van der Waals surface area contributed by atoms with Crippen molar-refractivity contribution in [2.75, 3.05) is 17.8 Å². The van der Waals surface area contributed by atoms with E-state index in [4.69, 9.17) is 11.6 Å². The Bertz CT molecular complexity index is 908. The van der Waals surface area contributed by atoms with Crippen LogP contribution in [-0.2, 0) is 14.8 Å². The molecular formula is C18H23ClN3O3S2. The van der Waals surface area contributed by atoms with Crippen molar-refractivity contribution in [1.29, 1.82) is 0 Å². The molecule has 0 bridgehead atoms. The van der Waals surface area contributed by atoms with Gasteiger partial charge in [-0.2, -0.15) is 0 Å². The number of amides is 1. The fourth-order valence-corrected chi connectivity index (χ4v) is 5.37. The Balaban J connectivity index is 2.26. The van der Waals surface area contributed by atoms with Gasteiger partial charge in [0.1, 0.15) is 0 Å². The standard InChI is InChI=1S/C18H23ClN3O3S2/c1-5-13(17(23)22(6-2)7-3)15-11-20-18(26-15)21-27(24,25)16-10-8-9-14(19)12(16)4/h8-11,13H,1,5-7H2,2-4H3,(H,20,21). The molecule has 0 aliphatic heterocycles. The number of nitrogens with one attached hydrogen (secondary N) is 1. The summed E-state index contributed by atoms with van der Waals surface area (Å²) in [5.74, 6) is -0.465. The number of nitrogens with zero attached hydrogens (tertiary/aromatic N) is 2. The number of halogens is 1. The number of rotatable bonds is 8. The molecule has 2 rings (SSSR count). The lowest BCUT2D eigenvalue weighted by atomic mass is 10.0. The second-order valence-electron chi connectivity index (χ2n) is 5.89. The average Bonchev–Trinajstić information content (AvgIpc) is 3.06. The number of benzene rings is 1. The fraction of sp³-hybridized carbons (Fsp3) is 0.389. The molecule has 0 aliphatic carbocycles. The molecule has 6 nitrogen and oxygen atoms in total. The monoisotopic (exact) mass is 428 g/mol. The molecule has 147 valence electrons. The smallest absolute Gasteiger partial charge is 0.263 e. The summed E-state index contributed by atoms with van der Waals surface area (Å²) in [4.78, 5) is 19.3. The van der Waals surface area contributed by atoms with Crippen LogP contribution in [0.1, 0.15) is 36.6 Å². The van der Waals surface area contributed by atoms with Gasteiger partial charge in [-0.3, -0.25) is 9.52 Å². The molecular weight excluding hydrogens is 406 g/mol. The van der Waals surface area contributed by atoms with Gasteiger partial charge in [0.05, 0.1) is 10.8 Å². The predicted molar refractivity (Wildman–Crippen MR) is 110 cm³/mol. The minimum Gasteiger partial charge on any atom is -0.343 e. The largest absolute Gasteiger partial charge is 0.343 e. The van der Waals surface area contributed by atoms with E-state index in [9.17, 15) is 13.2 Å². The van der Waals surface area contributed by atoms with E-state index in [2.05, 4.69) is 16.6 Å². The number of thiazole rings is 1. The maximum atomic E-state index is 12.7. The van der Waals surface area contributed by atoms with Gasteiger partial charge in [-0.05, 0) is 44.9 Å². The highest BCUT2D eigenvalue weighted by atomic mass is 35.5. The maximum Gasteiger partial charge on any atom is 0.263 e. The molecule has 1 atom stereocenters. The van der Waals surface area contributed by atoms with Gasteiger partial charge in [-0.25, -0.2) is 13.4 Å². The normalized spacial score (nSPS) is 12.6. The van der Waals surface area contributed by atoms with Crippen LogP contribution in [0.5, 0.6) is 0 Å². The first-order valence-electron chi connectivity index (χ1n) is 8.56. The van der Waals surface area contributed by atoms with Crippen LogP contribution >= 0.6 is 22.9 Å². The van der Waals surface area contributed by atoms with E-state index in [0.29, 0.717) is 35.0 Å². The Hall–Kier alpha value is -1.64. The van der Waals surface area contributed by atoms with Gasteiger partial charge in [0.25, 0.3) is 10.0 Å². The Kier molecular flexibility index (Phi) is 7.25. The van der Waals surface area contributed by atoms with E-state index in [-0.39, 0.29) is 15.9 Å². The van der Waals surface area contributed by atoms with E-state index in [1.807, 2.05) is 13.8 Å². The first kappa shape index (κ1) is 21.7. The lowest BCUT2D eigenvalue weighted by Gasteiger charge is -2.23. The van der Waals surface area contributed by atoms with Crippen molar-refractivity contribution in [3.63, 3.8) is 0 Å². The summed E-state index contributed by atoms with van der Waals surface area (Å²) in [7, 11) is -3.83. The predicted octanol–water partition coefficient (Wildman–Crippen LogP) is 4.08. The van der Waals surface area contributed by atoms with E-state index >= 15 is 0 Å². The van der Waals surface area contributed by atoms with Crippen LogP contribution in [0.2, 0.25) is 5.02 Å². The molecule has 1 aromatic heterocycles. The third-order valence-electron chi connectivity index (χ3n) is 4.26. The molecule has 1 radical (unpaired) electrons. The lowest BCUT2D eigenvalue weighted by Crippen LogP contribution is -2.34. The molecule has 1 amide bonds. The highest BCUT2D eigenvalue weighted by Gasteiger charge is 2.26. The average molecular weight is 429 g/mol. The Labute approximate surface area is 169 Å². The molecule has 0 aliphatic rings. The lowest BCUT2D eigenvalue weighted by molar-refractivity contribution is -0.132. The number of sulfonamides is 1. The third-order valence-corrected chi connectivity index (χ3v) is 7.31. The molecule has 0 saturated heterocycles. The van der Waals surface area contributed by atoms with Crippen LogP contribution in [0.25, 0.3) is 0 Å². The number of likely N-dealkylation sites (N-methyl/N-ethyl adjacent to an activating group) is 1. The van der Waals surface area contributed by atoms with Crippen molar-refractivity contribution in [2.45, 2.75) is 38.0 Å². The summed E-state index contributed by atoms with van der Waals surface area (Å²) >= 11 is 7.17. The summed E-state index contributed by atoms with van der Waals surface area (Å²) in [6.07, 6.45) is 1.90. The molecule has 1 N–H and O–H groups in total. The minimum atomic E-state index is -3.83. The van der Waals surface area contributed by atoms with Gasteiger partial charge in [0.2, 0.25) is 5.91 Å². The SMILES string of the molecule is [CH2]CC(C(=O)N(CC)CC)c1cnc(NS(=O)(=O)c2cccc(Cl)c2C)s1.